The van der Waals surface area contributed by atoms with Crippen molar-refractivity contribution in [3.8, 4) is 11.5 Å². The predicted molar refractivity (Wildman–Crippen MR) is 105 cm³/mol. The van der Waals surface area contributed by atoms with Crippen LogP contribution in [0.2, 0.25) is 0 Å². The lowest BCUT2D eigenvalue weighted by molar-refractivity contribution is -0.117. The van der Waals surface area contributed by atoms with Gasteiger partial charge in [-0.25, -0.2) is 0 Å². The summed E-state index contributed by atoms with van der Waals surface area (Å²) in [6.45, 7) is 0. The third kappa shape index (κ3) is 4.48. The number of hydrogen-bond acceptors (Lipinski definition) is 3. The van der Waals surface area contributed by atoms with Gasteiger partial charge >= 0.3 is 0 Å². The molecule has 4 heteroatoms. The van der Waals surface area contributed by atoms with Gasteiger partial charge in [0.05, 0.1) is 19.9 Å². The van der Waals surface area contributed by atoms with E-state index in [4.69, 9.17) is 9.47 Å². The number of allylic oxidation sites excluding steroid dienone is 4. The molecule has 1 fully saturated rings. The lowest BCUT2D eigenvalue weighted by atomic mass is 10.1. The maximum atomic E-state index is 12.9. The van der Waals surface area contributed by atoms with Gasteiger partial charge in [-0.3, -0.25) is 4.79 Å². The summed E-state index contributed by atoms with van der Waals surface area (Å²) >= 11 is 0. The van der Waals surface area contributed by atoms with Crippen LogP contribution in [0.4, 0.5) is 5.69 Å². The van der Waals surface area contributed by atoms with E-state index in [0.29, 0.717) is 29.0 Å². The molecule has 2 aliphatic carbocycles. The number of benzene rings is 1. The Labute approximate surface area is 156 Å². The zero-order chi connectivity index (χ0) is 18.4. The second-order valence-electron chi connectivity index (χ2n) is 7.08. The number of nitrogens with one attached hydrogen (secondary N) is 1. The number of carbonyl (C=O) groups is 1. The van der Waals surface area contributed by atoms with E-state index in [0.717, 1.165) is 38.5 Å². The quantitative estimate of drug-likeness (QED) is 0.776. The van der Waals surface area contributed by atoms with Crippen molar-refractivity contribution in [1.82, 2.24) is 0 Å². The minimum Gasteiger partial charge on any atom is -0.497 e. The Morgan fingerprint density at radius 2 is 1.54 bits per heavy atom. The molecule has 3 rings (SSSR count). The van der Waals surface area contributed by atoms with E-state index >= 15 is 0 Å². The fourth-order valence-electron chi connectivity index (χ4n) is 3.99. The summed E-state index contributed by atoms with van der Waals surface area (Å²) in [5.74, 6) is 2.55. The maximum absolute atomic E-state index is 12.9. The molecule has 0 aromatic heterocycles. The van der Waals surface area contributed by atoms with Crippen LogP contribution in [0.5, 0.6) is 11.5 Å². The lowest BCUT2D eigenvalue weighted by Gasteiger charge is -2.12. The number of amides is 1. The number of rotatable bonds is 4. The molecule has 0 radical (unpaired) electrons. The van der Waals surface area contributed by atoms with Gasteiger partial charge in [-0.2, -0.15) is 0 Å². The molecule has 1 N–H and O–H groups in total. The fourth-order valence-corrected chi connectivity index (χ4v) is 3.99. The van der Waals surface area contributed by atoms with Crippen LogP contribution in [0, 0.1) is 17.8 Å². The number of carbonyl (C=O) groups excluding carboxylic acids is 1. The molecule has 2 aliphatic rings. The van der Waals surface area contributed by atoms with Crippen LogP contribution in [0.1, 0.15) is 38.5 Å². The van der Waals surface area contributed by atoms with Gasteiger partial charge in [-0.05, 0) is 62.5 Å². The molecule has 140 valence electrons. The standard InChI is InChI=1S/C22H29NO3/c1-25-16-13-14-20(26-2)19(15-16)23-22(24)21-17-11-9-7-5-3-4-6-8-10-12-18(17)21/h5-8,13-15,17-18,21H,3-4,9-12H2,1-2H3,(H,23,24)/b7-5+,8-6+/t17-,18+,21?. The molecule has 0 saturated heterocycles. The van der Waals surface area contributed by atoms with Gasteiger partial charge in [0.2, 0.25) is 5.91 Å². The first-order valence-electron chi connectivity index (χ1n) is 9.57. The Balaban J connectivity index is 1.68. The first-order valence-corrected chi connectivity index (χ1v) is 9.57. The fraction of sp³-hybridized carbons (Fsp3) is 0.500. The third-order valence-corrected chi connectivity index (χ3v) is 5.47. The zero-order valence-corrected chi connectivity index (χ0v) is 15.7. The van der Waals surface area contributed by atoms with Gasteiger partial charge in [-0.15, -0.1) is 0 Å². The highest BCUT2D eigenvalue weighted by molar-refractivity contribution is 5.96. The van der Waals surface area contributed by atoms with Crippen molar-refractivity contribution >= 4 is 11.6 Å². The highest BCUT2D eigenvalue weighted by Gasteiger charge is 2.52. The molecule has 1 aromatic carbocycles. The zero-order valence-electron chi connectivity index (χ0n) is 15.7. The molecule has 1 saturated carbocycles. The Kier molecular flexibility index (Phi) is 6.37. The van der Waals surface area contributed by atoms with Crippen molar-refractivity contribution in [2.24, 2.45) is 17.8 Å². The van der Waals surface area contributed by atoms with Crippen LogP contribution < -0.4 is 14.8 Å². The normalized spacial score (nSPS) is 27.8. The van der Waals surface area contributed by atoms with Crippen molar-refractivity contribution in [2.45, 2.75) is 38.5 Å². The smallest absolute Gasteiger partial charge is 0.228 e. The predicted octanol–water partition coefficient (Wildman–Crippen LogP) is 4.97. The molecule has 0 bridgehead atoms. The Bertz CT molecular complexity index is 656. The van der Waals surface area contributed by atoms with Gasteiger partial charge in [0.1, 0.15) is 11.5 Å². The first-order chi connectivity index (χ1) is 12.7. The second kappa shape index (κ2) is 8.93. The Morgan fingerprint density at radius 1 is 0.923 bits per heavy atom. The van der Waals surface area contributed by atoms with Gasteiger partial charge in [0.25, 0.3) is 0 Å². The summed E-state index contributed by atoms with van der Waals surface area (Å²) in [5.41, 5.74) is 0.680. The van der Waals surface area contributed by atoms with Crippen LogP contribution in [-0.2, 0) is 4.79 Å². The minimum absolute atomic E-state index is 0.105. The summed E-state index contributed by atoms with van der Waals surface area (Å²) < 4.78 is 10.6. The number of methoxy groups -OCH3 is 2. The highest BCUT2D eigenvalue weighted by Crippen LogP contribution is 2.53. The van der Waals surface area contributed by atoms with Crippen molar-refractivity contribution in [3.63, 3.8) is 0 Å². The van der Waals surface area contributed by atoms with Gasteiger partial charge in [-0.1, -0.05) is 24.3 Å². The molecule has 0 heterocycles. The molecule has 3 atom stereocenters. The van der Waals surface area contributed by atoms with E-state index in [9.17, 15) is 4.79 Å². The van der Waals surface area contributed by atoms with Crippen molar-refractivity contribution < 1.29 is 14.3 Å². The number of fused-ring (bicyclic) bond motifs is 1. The van der Waals surface area contributed by atoms with Crippen LogP contribution in [0.3, 0.4) is 0 Å². The molecule has 0 spiro atoms. The average molecular weight is 355 g/mol. The van der Waals surface area contributed by atoms with Crippen molar-refractivity contribution in [2.75, 3.05) is 19.5 Å². The van der Waals surface area contributed by atoms with Crippen LogP contribution >= 0.6 is 0 Å². The number of ether oxygens (including phenoxy) is 2. The van der Waals surface area contributed by atoms with E-state index in [1.165, 1.54) is 0 Å². The molecule has 4 nitrogen and oxygen atoms in total. The molecule has 1 aromatic rings. The number of anilines is 1. The molecule has 26 heavy (non-hydrogen) atoms. The van der Waals surface area contributed by atoms with E-state index in [-0.39, 0.29) is 11.8 Å². The van der Waals surface area contributed by atoms with Crippen LogP contribution in [0.25, 0.3) is 0 Å². The number of hydrogen-bond donors (Lipinski definition) is 1. The monoisotopic (exact) mass is 355 g/mol. The molecule has 1 amide bonds. The molecule has 0 aliphatic heterocycles. The maximum Gasteiger partial charge on any atom is 0.228 e. The van der Waals surface area contributed by atoms with E-state index in [2.05, 4.69) is 29.6 Å². The SMILES string of the molecule is COc1ccc(OC)c(NC(=O)C2[C@H]3CC/C=C/CC/C=C/CC[C@@H]23)c1. The van der Waals surface area contributed by atoms with Crippen molar-refractivity contribution in [1.29, 1.82) is 0 Å². The molecular formula is C22H29NO3. The van der Waals surface area contributed by atoms with Crippen LogP contribution in [-0.4, -0.2) is 20.1 Å². The van der Waals surface area contributed by atoms with E-state index in [1.54, 1.807) is 14.2 Å². The highest BCUT2D eigenvalue weighted by atomic mass is 16.5. The van der Waals surface area contributed by atoms with E-state index < -0.39 is 0 Å². The summed E-state index contributed by atoms with van der Waals surface area (Å²) in [4.78, 5) is 12.9. The summed E-state index contributed by atoms with van der Waals surface area (Å²) in [6, 6.07) is 5.47. The van der Waals surface area contributed by atoms with E-state index in [1.807, 2.05) is 18.2 Å². The lowest BCUT2D eigenvalue weighted by Crippen LogP contribution is -2.16. The van der Waals surface area contributed by atoms with Crippen LogP contribution in [0.15, 0.2) is 42.5 Å². The first kappa shape index (κ1) is 18.6. The van der Waals surface area contributed by atoms with Gasteiger partial charge in [0.15, 0.2) is 0 Å². The summed E-state index contributed by atoms with van der Waals surface area (Å²) in [5, 5.41) is 3.07. The molecular weight excluding hydrogens is 326 g/mol. The Hall–Kier alpha value is -2.23. The topological polar surface area (TPSA) is 47.6 Å². The Morgan fingerprint density at radius 3 is 2.12 bits per heavy atom. The third-order valence-electron chi connectivity index (χ3n) is 5.47. The summed E-state index contributed by atoms with van der Waals surface area (Å²) in [7, 11) is 3.23. The molecule has 1 unspecified atom stereocenters. The second-order valence-corrected chi connectivity index (χ2v) is 7.08. The van der Waals surface area contributed by atoms with Gasteiger partial charge < -0.3 is 14.8 Å². The minimum atomic E-state index is 0.105. The van der Waals surface area contributed by atoms with Gasteiger partial charge in [0, 0.05) is 12.0 Å². The summed E-state index contributed by atoms with van der Waals surface area (Å²) in [6.07, 6.45) is 15.6. The van der Waals surface area contributed by atoms with Crippen molar-refractivity contribution in [3.05, 3.63) is 42.5 Å². The largest absolute Gasteiger partial charge is 0.497 e. The average Bonchev–Trinajstić information content (AvgIpc) is 3.34.